The summed E-state index contributed by atoms with van der Waals surface area (Å²) in [5.41, 5.74) is 5.25. The maximum absolute atomic E-state index is 5.71. The van der Waals surface area contributed by atoms with Gasteiger partial charge in [-0.25, -0.2) is 0 Å². The molecule has 1 unspecified atom stereocenters. The van der Waals surface area contributed by atoms with Gasteiger partial charge in [0.05, 0.1) is 12.3 Å². The second kappa shape index (κ2) is 5.49. The normalized spacial score (nSPS) is 12.7. The fraction of sp³-hybridized carbons (Fsp3) is 0.176. The second-order valence-corrected chi connectivity index (χ2v) is 5.05. The van der Waals surface area contributed by atoms with Crippen LogP contribution in [0.5, 0.6) is 0 Å². The van der Waals surface area contributed by atoms with Crippen LogP contribution in [-0.4, -0.2) is 0 Å². The average molecular weight is 266 g/mol. The smallest absolute Gasteiger partial charge is 0.101 e. The van der Waals surface area contributed by atoms with E-state index in [9.17, 15) is 0 Å². The number of nitrogens with one attached hydrogen (secondary N) is 1. The molecule has 0 aliphatic rings. The van der Waals surface area contributed by atoms with E-state index in [2.05, 4.69) is 47.9 Å². The Hall–Kier alpha value is -2.10. The van der Waals surface area contributed by atoms with Crippen LogP contribution in [0.15, 0.2) is 59.2 Å². The number of hydrazine groups is 1. The SMILES string of the molecule is Cc1cc(C(Cc2cccc3ccccc23)NN)co1. The molecule has 0 bridgehead atoms. The first-order valence-electron chi connectivity index (χ1n) is 6.76. The Labute approximate surface area is 118 Å². The zero-order valence-electron chi connectivity index (χ0n) is 11.5. The summed E-state index contributed by atoms with van der Waals surface area (Å²) in [6.45, 7) is 1.94. The number of aryl methyl sites for hydroxylation is 1. The maximum Gasteiger partial charge on any atom is 0.101 e. The van der Waals surface area contributed by atoms with Crippen molar-refractivity contribution in [1.29, 1.82) is 0 Å². The monoisotopic (exact) mass is 266 g/mol. The number of hydrogen-bond donors (Lipinski definition) is 2. The quantitative estimate of drug-likeness (QED) is 0.561. The van der Waals surface area contributed by atoms with Gasteiger partial charge in [0.2, 0.25) is 0 Å². The first kappa shape index (κ1) is 12.9. The lowest BCUT2D eigenvalue weighted by Gasteiger charge is -2.15. The van der Waals surface area contributed by atoms with E-state index in [0.717, 1.165) is 17.7 Å². The van der Waals surface area contributed by atoms with Gasteiger partial charge in [-0.15, -0.1) is 0 Å². The Bertz CT molecular complexity index is 712. The molecule has 0 aliphatic carbocycles. The molecule has 0 aliphatic heterocycles. The van der Waals surface area contributed by atoms with Crippen molar-refractivity contribution in [1.82, 2.24) is 5.43 Å². The third kappa shape index (κ3) is 2.46. The predicted molar refractivity (Wildman–Crippen MR) is 81.2 cm³/mol. The van der Waals surface area contributed by atoms with Crippen LogP contribution in [0.4, 0.5) is 0 Å². The molecule has 0 radical (unpaired) electrons. The molecule has 20 heavy (non-hydrogen) atoms. The first-order valence-corrected chi connectivity index (χ1v) is 6.76. The highest BCUT2D eigenvalue weighted by atomic mass is 16.3. The van der Waals surface area contributed by atoms with Gasteiger partial charge in [0.25, 0.3) is 0 Å². The lowest BCUT2D eigenvalue weighted by molar-refractivity contribution is 0.512. The van der Waals surface area contributed by atoms with Crippen molar-refractivity contribution in [2.75, 3.05) is 0 Å². The molecule has 102 valence electrons. The molecule has 3 N–H and O–H groups in total. The van der Waals surface area contributed by atoms with E-state index in [0.29, 0.717) is 0 Å². The molecule has 1 heterocycles. The van der Waals surface area contributed by atoms with Crippen molar-refractivity contribution < 1.29 is 4.42 Å². The fourth-order valence-corrected chi connectivity index (χ4v) is 2.61. The lowest BCUT2D eigenvalue weighted by atomic mass is 9.96. The van der Waals surface area contributed by atoms with Gasteiger partial charge in [0.15, 0.2) is 0 Å². The molecule has 1 aromatic heterocycles. The summed E-state index contributed by atoms with van der Waals surface area (Å²) in [6.07, 6.45) is 2.60. The van der Waals surface area contributed by atoms with Gasteiger partial charge in [-0.1, -0.05) is 42.5 Å². The highest BCUT2D eigenvalue weighted by Crippen LogP contribution is 2.25. The number of nitrogens with two attached hydrogens (primary N) is 1. The number of benzene rings is 2. The van der Waals surface area contributed by atoms with Gasteiger partial charge in [-0.05, 0) is 35.7 Å². The Kier molecular flexibility index (Phi) is 3.54. The van der Waals surface area contributed by atoms with Crippen LogP contribution in [-0.2, 0) is 6.42 Å². The number of rotatable bonds is 4. The van der Waals surface area contributed by atoms with Crippen LogP contribution in [0.3, 0.4) is 0 Å². The van der Waals surface area contributed by atoms with Crippen LogP contribution >= 0.6 is 0 Å². The van der Waals surface area contributed by atoms with E-state index in [-0.39, 0.29) is 6.04 Å². The molecule has 0 amide bonds. The Morgan fingerprint density at radius 1 is 1.15 bits per heavy atom. The van der Waals surface area contributed by atoms with Gasteiger partial charge in [-0.3, -0.25) is 11.3 Å². The topological polar surface area (TPSA) is 51.2 Å². The van der Waals surface area contributed by atoms with E-state index < -0.39 is 0 Å². The van der Waals surface area contributed by atoms with Crippen LogP contribution in [0.2, 0.25) is 0 Å². The highest BCUT2D eigenvalue weighted by Gasteiger charge is 2.14. The molecular weight excluding hydrogens is 248 g/mol. The van der Waals surface area contributed by atoms with Crippen molar-refractivity contribution in [2.45, 2.75) is 19.4 Å². The van der Waals surface area contributed by atoms with E-state index >= 15 is 0 Å². The van der Waals surface area contributed by atoms with Crippen molar-refractivity contribution >= 4 is 10.8 Å². The van der Waals surface area contributed by atoms with E-state index in [1.165, 1.54) is 16.3 Å². The van der Waals surface area contributed by atoms with E-state index in [1.807, 2.05) is 13.0 Å². The summed E-state index contributed by atoms with van der Waals surface area (Å²) in [7, 11) is 0. The zero-order valence-corrected chi connectivity index (χ0v) is 11.5. The van der Waals surface area contributed by atoms with Crippen LogP contribution < -0.4 is 11.3 Å². The maximum atomic E-state index is 5.71. The molecule has 3 rings (SSSR count). The molecule has 0 spiro atoms. The van der Waals surface area contributed by atoms with Crippen molar-refractivity contribution in [2.24, 2.45) is 5.84 Å². The third-order valence-electron chi connectivity index (χ3n) is 3.66. The van der Waals surface area contributed by atoms with Gasteiger partial charge in [0.1, 0.15) is 5.76 Å². The van der Waals surface area contributed by atoms with E-state index in [1.54, 1.807) is 6.26 Å². The van der Waals surface area contributed by atoms with Gasteiger partial charge >= 0.3 is 0 Å². The minimum absolute atomic E-state index is 0.0539. The number of fused-ring (bicyclic) bond motifs is 1. The minimum atomic E-state index is 0.0539. The summed E-state index contributed by atoms with van der Waals surface area (Å²) in [5, 5.41) is 2.53. The summed E-state index contributed by atoms with van der Waals surface area (Å²) in [4.78, 5) is 0. The third-order valence-corrected chi connectivity index (χ3v) is 3.66. The molecule has 2 aromatic carbocycles. The van der Waals surface area contributed by atoms with Gasteiger partial charge in [-0.2, -0.15) is 0 Å². The molecule has 0 saturated carbocycles. The van der Waals surface area contributed by atoms with Crippen LogP contribution in [0, 0.1) is 6.92 Å². The average Bonchev–Trinajstić information content (AvgIpc) is 2.91. The molecule has 1 atom stereocenters. The van der Waals surface area contributed by atoms with Gasteiger partial charge < -0.3 is 4.42 Å². The summed E-state index contributed by atoms with van der Waals surface area (Å²) >= 11 is 0. The fourth-order valence-electron chi connectivity index (χ4n) is 2.61. The van der Waals surface area contributed by atoms with Crippen LogP contribution in [0.25, 0.3) is 10.8 Å². The minimum Gasteiger partial charge on any atom is -0.469 e. The molecule has 3 nitrogen and oxygen atoms in total. The zero-order chi connectivity index (χ0) is 13.9. The Balaban J connectivity index is 1.95. The summed E-state index contributed by atoms with van der Waals surface area (Å²) < 4.78 is 5.38. The predicted octanol–water partition coefficient (Wildman–Crippen LogP) is 3.49. The first-order chi connectivity index (χ1) is 9.78. The highest BCUT2D eigenvalue weighted by molar-refractivity contribution is 5.85. The second-order valence-electron chi connectivity index (χ2n) is 5.05. The number of hydrogen-bond acceptors (Lipinski definition) is 3. The van der Waals surface area contributed by atoms with E-state index in [4.69, 9.17) is 10.3 Å². The molecular formula is C17H18N2O. The standard InChI is InChI=1S/C17H18N2O/c1-12-9-15(11-20-12)17(19-18)10-14-7-4-6-13-5-2-3-8-16(13)14/h2-9,11,17,19H,10,18H2,1H3. The largest absolute Gasteiger partial charge is 0.469 e. The molecule has 3 heteroatoms. The van der Waals surface area contributed by atoms with Crippen molar-refractivity contribution in [3.05, 3.63) is 71.7 Å². The number of furan rings is 1. The van der Waals surface area contributed by atoms with Gasteiger partial charge in [0, 0.05) is 5.56 Å². The Morgan fingerprint density at radius 2 is 1.95 bits per heavy atom. The molecule has 0 fully saturated rings. The Morgan fingerprint density at radius 3 is 2.70 bits per heavy atom. The summed E-state index contributed by atoms with van der Waals surface area (Å²) in [5.74, 6) is 6.62. The van der Waals surface area contributed by atoms with Crippen LogP contribution in [0.1, 0.15) is 22.9 Å². The van der Waals surface area contributed by atoms with Crippen molar-refractivity contribution in [3.8, 4) is 0 Å². The molecule has 0 saturated heterocycles. The van der Waals surface area contributed by atoms with Crippen molar-refractivity contribution in [3.63, 3.8) is 0 Å². The molecule has 3 aromatic rings. The lowest BCUT2D eigenvalue weighted by Crippen LogP contribution is -2.29. The summed E-state index contributed by atoms with van der Waals surface area (Å²) in [6, 6.07) is 16.9.